The fraction of sp³-hybridized carbons (Fsp3) is 0.672. The first-order valence-electron chi connectivity index (χ1n) is 28.9. The first kappa shape index (κ1) is 66.1. The van der Waals surface area contributed by atoms with Gasteiger partial charge in [0.1, 0.15) is 13.2 Å². The van der Waals surface area contributed by atoms with Crippen LogP contribution in [-0.4, -0.2) is 37.2 Å². The number of hydrogen-bond donors (Lipinski definition) is 0. The van der Waals surface area contributed by atoms with E-state index in [1.165, 1.54) is 103 Å². The monoisotopic (exact) mass is 971 g/mol. The minimum absolute atomic E-state index is 0.0917. The molecular formula is C64H106O6. The van der Waals surface area contributed by atoms with E-state index >= 15 is 0 Å². The van der Waals surface area contributed by atoms with Crippen molar-refractivity contribution in [2.75, 3.05) is 13.2 Å². The molecule has 0 spiro atoms. The van der Waals surface area contributed by atoms with Gasteiger partial charge in [0.05, 0.1) is 0 Å². The van der Waals surface area contributed by atoms with E-state index in [1.807, 2.05) is 0 Å². The molecule has 6 heteroatoms. The zero-order valence-corrected chi connectivity index (χ0v) is 45.5. The van der Waals surface area contributed by atoms with Crippen molar-refractivity contribution in [1.29, 1.82) is 0 Å². The second-order valence-corrected chi connectivity index (χ2v) is 18.8. The Morgan fingerprint density at radius 3 is 0.886 bits per heavy atom. The van der Waals surface area contributed by atoms with E-state index in [1.54, 1.807) is 0 Å². The summed E-state index contributed by atoms with van der Waals surface area (Å²) in [4.78, 5) is 37.9. The van der Waals surface area contributed by atoms with Gasteiger partial charge in [-0.3, -0.25) is 14.4 Å². The molecule has 0 fully saturated rings. The van der Waals surface area contributed by atoms with E-state index < -0.39 is 6.10 Å². The molecule has 0 aromatic heterocycles. The summed E-state index contributed by atoms with van der Waals surface area (Å²) in [7, 11) is 0. The highest BCUT2D eigenvalue weighted by atomic mass is 16.6. The average molecular weight is 972 g/mol. The second-order valence-electron chi connectivity index (χ2n) is 18.8. The van der Waals surface area contributed by atoms with Gasteiger partial charge < -0.3 is 14.2 Å². The number of ether oxygens (including phenoxy) is 3. The molecule has 0 aromatic rings. The van der Waals surface area contributed by atoms with E-state index in [9.17, 15) is 14.4 Å². The van der Waals surface area contributed by atoms with Gasteiger partial charge in [-0.25, -0.2) is 0 Å². The van der Waals surface area contributed by atoms with Crippen LogP contribution in [0.25, 0.3) is 0 Å². The summed E-state index contributed by atoms with van der Waals surface area (Å²) < 4.78 is 16.7. The Kier molecular flexibility index (Phi) is 54.4. The number of rotatable bonds is 51. The number of hydrogen-bond acceptors (Lipinski definition) is 6. The topological polar surface area (TPSA) is 78.9 Å². The average Bonchev–Trinajstić information content (AvgIpc) is 3.36. The molecule has 0 N–H and O–H groups in total. The van der Waals surface area contributed by atoms with Crippen LogP contribution in [0.2, 0.25) is 0 Å². The van der Waals surface area contributed by atoms with E-state index in [0.717, 1.165) is 116 Å². The van der Waals surface area contributed by atoms with Crippen molar-refractivity contribution < 1.29 is 28.6 Å². The first-order chi connectivity index (χ1) is 34.5. The predicted molar refractivity (Wildman–Crippen MR) is 302 cm³/mol. The van der Waals surface area contributed by atoms with Gasteiger partial charge in [-0.05, 0) is 109 Å². The van der Waals surface area contributed by atoms with Crippen LogP contribution in [0.3, 0.4) is 0 Å². The fourth-order valence-electron chi connectivity index (χ4n) is 7.69. The van der Waals surface area contributed by atoms with Crippen molar-refractivity contribution in [2.24, 2.45) is 0 Å². The van der Waals surface area contributed by atoms with Gasteiger partial charge in [0.15, 0.2) is 6.10 Å². The third kappa shape index (κ3) is 55.0. The maximum atomic E-state index is 12.8. The van der Waals surface area contributed by atoms with Crippen molar-refractivity contribution in [2.45, 2.75) is 264 Å². The molecule has 0 radical (unpaired) electrons. The Hall–Kier alpha value is -3.93. The van der Waals surface area contributed by atoms with Crippen LogP contribution >= 0.6 is 0 Å². The molecule has 0 amide bonds. The molecule has 1 atom stereocenters. The van der Waals surface area contributed by atoms with Crippen LogP contribution < -0.4 is 0 Å². The van der Waals surface area contributed by atoms with E-state index in [-0.39, 0.29) is 31.1 Å². The molecule has 0 aliphatic heterocycles. The van der Waals surface area contributed by atoms with E-state index in [4.69, 9.17) is 14.2 Å². The molecule has 0 aromatic carbocycles. The summed E-state index contributed by atoms with van der Waals surface area (Å²) in [6, 6.07) is 0. The van der Waals surface area contributed by atoms with Crippen LogP contribution in [0.15, 0.2) is 109 Å². The molecule has 0 aliphatic rings. The zero-order valence-electron chi connectivity index (χ0n) is 45.5. The molecular weight excluding hydrogens is 865 g/mol. The normalized spacial score (nSPS) is 12.9. The van der Waals surface area contributed by atoms with Crippen molar-refractivity contribution in [1.82, 2.24) is 0 Å². The smallest absolute Gasteiger partial charge is 0.306 e. The van der Waals surface area contributed by atoms with Crippen LogP contribution in [0.5, 0.6) is 0 Å². The highest BCUT2D eigenvalue weighted by Gasteiger charge is 2.19. The lowest BCUT2D eigenvalue weighted by atomic mass is 10.1. The number of carbonyl (C=O) groups is 3. The largest absolute Gasteiger partial charge is 0.462 e. The minimum Gasteiger partial charge on any atom is -0.462 e. The standard InChI is InChI=1S/C64H106O6/c1-4-7-10-13-16-18-20-22-24-26-28-30-31-32-33-35-36-38-40-42-44-46-48-51-54-57-63(66)69-60-61(59-68-62(65)56-53-50-15-12-9-6-3)70-64(67)58-55-52-49-47-45-43-41-39-37-34-29-27-25-23-21-19-17-14-11-8-5-2/h7,10,16,18,21-24,27-30,32-33,36,38,42,44,61H,4-6,8-9,11-15,17,19-20,25-26,31,34-35,37,39-41,43,45-60H2,1-3H3/b10-7-,18-16-,23-21-,24-22-,29-27-,30-28-,33-32-,38-36-,44-42-. The van der Waals surface area contributed by atoms with Crippen molar-refractivity contribution in [3.05, 3.63) is 109 Å². The number of esters is 3. The van der Waals surface area contributed by atoms with Crippen LogP contribution in [0.1, 0.15) is 258 Å². The van der Waals surface area contributed by atoms with Crippen LogP contribution in [0.4, 0.5) is 0 Å². The van der Waals surface area contributed by atoms with Crippen LogP contribution in [0, 0.1) is 0 Å². The third-order valence-corrected chi connectivity index (χ3v) is 12.0. The zero-order chi connectivity index (χ0) is 50.7. The molecule has 0 saturated heterocycles. The van der Waals surface area contributed by atoms with Gasteiger partial charge in [0.25, 0.3) is 0 Å². The van der Waals surface area contributed by atoms with Gasteiger partial charge in [0.2, 0.25) is 0 Å². The molecule has 0 rings (SSSR count). The Labute approximate surface area is 431 Å². The summed E-state index contributed by atoms with van der Waals surface area (Å²) in [6.45, 7) is 6.42. The first-order valence-corrected chi connectivity index (χ1v) is 28.9. The van der Waals surface area contributed by atoms with E-state index in [0.29, 0.717) is 19.3 Å². The number of carbonyl (C=O) groups excluding carboxylic acids is 3. The molecule has 0 heterocycles. The molecule has 1 unspecified atom stereocenters. The quantitative estimate of drug-likeness (QED) is 0.0262. The predicted octanol–water partition coefficient (Wildman–Crippen LogP) is 19.5. The minimum atomic E-state index is -0.793. The van der Waals surface area contributed by atoms with Gasteiger partial charge in [0, 0.05) is 19.3 Å². The van der Waals surface area contributed by atoms with Crippen molar-refractivity contribution in [3.63, 3.8) is 0 Å². The molecule has 6 nitrogen and oxygen atoms in total. The SMILES string of the molecule is CC/C=C\C/C=C\C/C=C\C/C=C\C/C=C\C/C=C\C/C=C\CCCCCC(=O)OCC(COC(=O)CCCCCCCC)OC(=O)CCCCCCCCCCC/C=C\C/C=C\CCCCCCC. The highest BCUT2D eigenvalue weighted by Crippen LogP contribution is 2.14. The summed E-state index contributed by atoms with van der Waals surface area (Å²) in [5.41, 5.74) is 0. The maximum Gasteiger partial charge on any atom is 0.306 e. The van der Waals surface area contributed by atoms with Gasteiger partial charge in [-0.2, -0.15) is 0 Å². The number of unbranched alkanes of at least 4 members (excludes halogenated alkanes) is 22. The Balaban J connectivity index is 4.25. The molecule has 0 aliphatic carbocycles. The lowest BCUT2D eigenvalue weighted by Crippen LogP contribution is -2.30. The molecule has 0 bridgehead atoms. The van der Waals surface area contributed by atoms with Gasteiger partial charge >= 0.3 is 17.9 Å². The summed E-state index contributed by atoms with van der Waals surface area (Å²) in [6.07, 6.45) is 78.2. The fourth-order valence-corrected chi connectivity index (χ4v) is 7.69. The summed E-state index contributed by atoms with van der Waals surface area (Å²) in [5.74, 6) is -0.940. The molecule has 70 heavy (non-hydrogen) atoms. The Bertz CT molecular complexity index is 1440. The molecule has 398 valence electrons. The lowest BCUT2D eigenvalue weighted by Gasteiger charge is -2.18. The van der Waals surface area contributed by atoms with Crippen molar-refractivity contribution >= 4 is 17.9 Å². The molecule has 0 saturated carbocycles. The van der Waals surface area contributed by atoms with Gasteiger partial charge in [-0.15, -0.1) is 0 Å². The van der Waals surface area contributed by atoms with Gasteiger partial charge in [-0.1, -0.05) is 239 Å². The van der Waals surface area contributed by atoms with E-state index in [2.05, 4.69) is 130 Å². The summed E-state index contributed by atoms with van der Waals surface area (Å²) in [5, 5.41) is 0. The second kappa shape index (κ2) is 57.6. The maximum absolute atomic E-state index is 12.8. The van der Waals surface area contributed by atoms with Crippen molar-refractivity contribution in [3.8, 4) is 0 Å². The Morgan fingerprint density at radius 2 is 0.557 bits per heavy atom. The Morgan fingerprint density at radius 1 is 0.300 bits per heavy atom. The number of allylic oxidation sites excluding steroid dienone is 18. The highest BCUT2D eigenvalue weighted by molar-refractivity contribution is 5.71. The lowest BCUT2D eigenvalue weighted by molar-refractivity contribution is -0.167. The van der Waals surface area contributed by atoms with Crippen LogP contribution in [-0.2, 0) is 28.6 Å². The summed E-state index contributed by atoms with van der Waals surface area (Å²) >= 11 is 0. The third-order valence-electron chi connectivity index (χ3n) is 12.0.